The van der Waals surface area contributed by atoms with E-state index in [1.54, 1.807) is 19.2 Å². The number of aromatic hydroxyl groups is 1. The van der Waals surface area contributed by atoms with E-state index in [2.05, 4.69) is 5.32 Å². The minimum Gasteiger partial charge on any atom is -0.508 e. The summed E-state index contributed by atoms with van der Waals surface area (Å²) in [5, 5.41) is 13.0. The molecule has 0 heterocycles. The standard InChI is InChI=1S/C16H17ClFNO2/c1-10(12-7-6-11(20)8-15(12)18)19-9-13-14(17)4-3-5-16(13)21-2/h3-8,10,19-20H,9H2,1-2H3. The van der Waals surface area contributed by atoms with Crippen LogP contribution in [0.1, 0.15) is 24.1 Å². The Balaban J connectivity index is 2.13. The van der Waals surface area contributed by atoms with Crippen LogP contribution in [0.15, 0.2) is 36.4 Å². The fraction of sp³-hybridized carbons (Fsp3) is 0.250. The lowest BCUT2D eigenvalue weighted by Crippen LogP contribution is -2.19. The molecule has 0 amide bonds. The first-order valence-corrected chi connectivity index (χ1v) is 6.94. The van der Waals surface area contributed by atoms with Crippen molar-refractivity contribution in [2.24, 2.45) is 0 Å². The van der Waals surface area contributed by atoms with Crippen LogP contribution in [0, 0.1) is 5.82 Å². The average Bonchev–Trinajstić information content (AvgIpc) is 2.45. The van der Waals surface area contributed by atoms with Gasteiger partial charge in [-0.1, -0.05) is 23.7 Å². The van der Waals surface area contributed by atoms with Crippen molar-refractivity contribution in [2.75, 3.05) is 7.11 Å². The summed E-state index contributed by atoms with van der Waals surface area (Å²) in [6.07, 6.45) is 0. The average molecular weight is 310 g/mol. The smallest absolute Gasteiger partial charge is 0.131 e. The second-order valence-corrected chi connectivity index (χ2v) is 5.14. The van der Waals surface area contributed by atoms with Gasteiger partial charge in [-0.15, -0.1) is 0 Å². The van der Waals surface area contributed by atoms with Crippen molar-refractivity contribution < 1.29 is 14.2 Å². The Morgan fingerprint density at radius 1 is 1.33 bits per heavy atom. The topological polar surface area (TPSA) is 41.5 Å². The zero-order valence-corrected chi connectivity index (χ0v) is 12.6. The lowest BCUT2D eigenvalue weighted by molar-refractivity contribution is 0.405. The van der Waals surface area contributed by atoms with Gasteiger partial charge in [0.05, 0.1) is 7.11 Å². The Kier molecular flexibility index (Phi) is 5.04. The molecule has 0 aliphatic rings. The maximum absolute atomic E-state index is 13.8. The van der Waals surface area contributed by atoms with E-state index in [0.29, 0.717) is 22.9 Å². The van der Waals surface area contributed by atoms with Crippen LogP contribution >= 0.6 is 11.6 Å². The van der Waals surface area contributed by atoms with Crippen molar-refractivity contribution in [2.45, 2.75) is 19.5 Å². The van der Waals surface area contributed by atoms with E-state index in [9.17, 15) is 9.50 Å². The van der Waals surface area contributed by atoms with E-state index in [0.717, 1.165) is 11.6 Å². The zero-order valence-electron chi connectivity index (χ0n) is 11.9. The molecule has 2 aromatic carbocycles. The Morgan fingerprint density at radius 3 is 2.76 bits per heavy atom. The highest BCUT2D eigenvalue weighted by molar-refractivity contribution is 6.31. The fourth-order valence-corrected chi connectivity index (χ4v) is 2.37. The Bertz CT molecular complexity index is 634. The van der Waals surface area contributed by atoms with Gasteiger partial charge >= 0.3 is 0 Å². The fourth-order valence-electron chi connectivity index (χ4n) is 2.13. The number of halogens is 2. The van der Waals surface area contributed by atoms with E-state index in [1.165, 1.54) is 6.07 Å². The number of phenolic OH excluding ortho intramolecular Hbond substituents is 1. The molecule has 0 aliphatic carbocycles. The summed E-state index contributed by atoms with van der Waals surface area (Å²) in [6, 6.07) is 9.32. The van der Waals surface area contributed by atoms with Crippen LogP contribution in [0.5, 0.6) is 11.5 Å². The first-order chi connectivity index (χ1) is 10.0. The van der Waals surface area contributed by atoms with Crippen molar-refractivity contribution in [1.29, 1.82) is 0 Å². The van der Waals surface area contributed by atoms with Crippen molar-refractivity contribution in [3.63, 3.8) is 0 Å². The minimum absolute atomic E-state index is 0.0868. The van der Waals surface area contributed by atoms with E-state index >= 15 is 0 Å². The molecule has 3 nitrogen and oxygen atoms in total. The number of nitrogens with one attached hydrogen (secondary N) is 1. The molecule has 0 spiro atoms. The molecule has 21 heavy (non-hydrogen) atoms. The van der Waals surface area contributed by atoms with Crippen LogP contribution in [-0.4, -0.2) is 12.2 Å². The highest BCUT2D eigenvalue weighted by Crippen LogP contribution is 2.27. The van der Waals surface area contributed by atoms with Crippen LogP contribution in [0.2, 0.25) is 5.02 Å². The monoisotopic (exact) mass is 309 g/mol. The van der Waals surface area contributed by atoms with E-state index < -0.39 is 5.82 Å². The molecule has 5 heteroatoms. The summed E-state index contributed by atoms with van der Waals surface area (Å²) in [5.74, 6) is 0.158. The van der Waals surface area contributed by atoms with Gasteiger partial charge in [-0.05, 0) is 25.1 Å². The summed E-state index contributed by atoms with van der Waals surface area (Å²) in [6.45, 7) is 2.29. The molecule has 0 saturated heterocycles. The maximum atomic E-state index is 13.8. The molecule has 0 aliphatic heterocycles. The number of benzene rings is 2. The predicted molar refractivity (Wildman–Crippen MR) is 81.3 cm³/mol. The van der Waals surface area contributed by atoms with Crippen LogP contribution < -0.4 is 10.1 Å². The van der Waals surface area contributed by atoms with Gasteiger partial charge in [0.1, 0.15) is 17.3 Å². The van der Waals surface area contributed by atoms with Crippen molar-refractivity contribution >= 4 is 11.6 Å². The molecule has 0 saturated carbocycles. The van der Waals surface area contributed by atoms with Crippen molar-refractivity contribution in [3.8, 4) is 11.5 Å². The Morgan fingerprint density at radius 2 is 2.10 bits per heavy atom. The predicted octanol–water partition coefficient (Wildman–Crippen LogP) is 4.04. The van der Waals surface area contributed by atoms with Gasteiger partial charge in [-0.2, -0.15) is 0 Å². The van der Waals surface area contributed by atoms with E-state index in [1.807, 2.05) is 19.1 Å². The van der Waals surface area contributed by atoms with Crippen molar-refractivity contribution in [3.05, 3.63) is 58.4 Å². The zero-order chi connectivity index (χ0) is 15.4. The van der Waals surface area contributed by atoms with Crippen LogP contribution in [0.3, 0.4) is 0 Å². The largest absolute Gasteiger partial charge is 0.508 e. The molecule has 2 rings (SSSR count). The summed E-state index contributed by atoms with van der Waals surface area (Å²) in [7, 11) is 1.58. The molecule has 1 unspecified atom stereocenters. The normalized spacial score (nSPS) is 12.2. The molecule has 2 aromatic rings. The van der Waals surface area contributed by atoms with Gasteiger partial charge in [0.2, 0.25) is 0 Å². The summed E-state index contributed by atoms with van der Waals surface area (Å²) in [4.78, 5) is 0. The maximum Gasteiger partial charge on any atom is 0.131 e. The molecule has 0 fully saturated rings. The summed E-state index contributed by atoms with van der Waals surface area (Å²) >= 11 is 6.16. The number of methoxy groups -OCH3 is 1. The van der Waals surface area contributed by atoms with Gasteiger partial charge in [-0.25, -0.2) is 4.39 Å². The molecule has 0 aromatic heterocycles. The Hall–Kier alpha value is -1.78. The van der Waals surface area contributed by atoms with Crippen molar-refractivity contribution in [1.82, 2.24) is 5.32 Å². The number of rotatable bonds is 5. The Labute approximate surface area is 128 Å². The molecule has 1 atom stereocenters. The number of hydrogen-bond donors (Lipinski definition) is 2. The quantitative estimate of drug-likeness (QED) is 0.875. The van der Waals surface area contributed by atoms with Crippen LogP contribution in [0.4, 0.5) is 4.39 Å². The first-order valence-electron chi connectivity index (χ1n) is 6.56. The van der Waals surface area contributed by atoms with Gasteiger partial charge in [0, 0.05) is 34.8 Å². The number of ether oxygens (including phenoxy) is 1. The van der Waals surface area contributed by atoms with Gasteiger partial charge < -0.3 is 15.2 Å². The SMILES string of the molecule is COc1cccc(Cl)c1CNC(C)c1ccc(O)cc1F. The summed E-state index contributed by atoms with van der Waals surface area (Å²) in [5.41, 5.74) is 1.31. The third kappa shape index (κ3) is 3.65. The van der Waals surface area contributed by atoms with Crippen LogP contribution in [0.25, 0.3) is 0 Å². The number of phenols is 1. The number of hydrogen-bond acceptors (Lipinski definition) is 3. The summed E-state index contributed by atoms with van der Waals surface area (Å²) < 4.78 is 19.1. The lowest BCUT2D eigenvalue weighted by atomic mass is 10.1. The molecule has 0 radical (unpaired) electrons. The second-order valence-electron chi connectivity index (χ2n) is 4.73. The lowest BCUT2D eigenvalue weighted by Gasteiger charge is -2.17. The molecule has 112 valence electrons. The third-order valence-corrected chi connectivity index (χ3v) is 3.69. The highest BCUT2D eigenvalue weighted by atomic mass is 35.5. The second kappa shape index (κ2) is 6.78. The molecular weight excluding hydrogens is 293 g/mol. The molecular formula is C16H17ClFNO2. The van der Waals surface area contributed by atoms with Gasteiger partial charge in [-0.3, -0.25) is 0 Å². The third-order valence-electron chi connectivity index (χ3n) is 3.33. The minimum atomic E-state index is -0.443. The van der Waals surface area contributed by atoms with Gasteiger partial charge in [0.15, 0.2) is 0 Å². The van der Waals surface area contributed by atoms with E-state index in [-0.39, 0.29) is 11.8 Å². The van der Waals surface area contributed by atoms with Crippen LogP contribution in [-0.2, 0) is 6.54 Å². The first kappa shape index (κ1) is 15.6. The highest BCUT2D eigenvalue weighted by Gasteiger charge is 2.13. The van der Waals surface area contributed by atoms with E-state index in [4.69, 9.17) is 16.3 Å². The molecule has 2 N–H and O–H groups in total. The molecule has 0 bridgehead atoms. The van der Waals surface area contributed by atoms with Gasteiger partial charge in [0.25, 0.3) is 0 Å².